The zero-order chi connectivity index (χ0) is 24.0. The second-order valence-corrected chi connectivity index (χ2v) is 9.16. The summed E-state index contributed by atoms with van der Waals surface area (Å²) in [7, 11) is 0. The molecule has 0 saturated carbocycles. The summed E-state index contributed by atoms with van der Waals surface area (Å²) in [5.74, 6) is -0.163. The van der Waals surface area contributed by atoms with Crippen LogP contribution in [0, 0.1) is 0 Å². The summed E-state index contributed by atoms with van der Waals surface area (Å²) in [6, 6.07) is 9.75. The minimum Gasteiger partial charge on any atom is -0.324 e. The van der Waals surface area contributed by atoms with Gasteiger partial charge in [-0.05, 0) is 30.3 Å². The molecule has 12 heteroatoms. The Bertz CT molecular complexity index is 1200. The Kier molecular flexibility index (Phi) is 9.05. The fourth-order valence-electron chi connectivity index (χ4n) is 2.71. The van der Waals surface area contributed by atoms with Crippen molar-refractivity contribution >= 4 is 81.4 Å². The average molecular weight is 545 g/mol. The van der Waals surface area contributed by atoms with Gasteiger partial charge in [0, 0.05) is 11.6 Å². The van der Waals surface area contributed by atoms with Crippen LogP contribution >= 0.6 is 58.2 Å². The summed E-state index contributed by atoms with van der Waals surface area (Å²) in [5.41, 5.74) is 0.854. The van der Waals surface area contributed by atoms with Crippen LogP contribution in [-0.2, 0) is 22.6 Å². The van der Waals surface area contributed by atoms with E-state index in [1.54, 1.807) is 47.0 Å². The topological polar surface area (TPSA) is 88.9 Å². The molecule has 0 fully saturated rings. The van der Waals surface area contributed by atoms with Crippen molar-refractivity contribution in [2.75, 3.05) is 16.4 Å². The molecule has 3 aromatic rings. The van der Waals surface area contributed by atoms with Gasteiger partial charge in [-0.3, -0.25) is 9.59 Å². The quantitative estimate of drug-likeness (QED) is 0.255. The predicted octanol–water partition coefficient (Wildman–Crippen LogP) is 5.99. The molecule has 2 aromatic carbocycles. The third-order valence-electron chi connectivity index (χ3n) is 4.19. The molecule has 0 bridgehead atoms. The number of amides is 2. The number of aromatic nitrogens is 3. The first-order valence-corrected chi connectivity index (χ1v) is 11.9. The number of thioether (sulfide) groups is 1. The van der Waals surface area contributed by atoms with E-state index < -0.39 is 0 Å². The third kappa shape index (κ3) is 6.88. The maximum Gasteiger partial charge on any atom is 0.234 e. The van der Waals surface area contributed by atoms with Gasteiger partial charge in [0.15, 0.2) is 5.16 Å². The molecule has 0 aliphatic carbocycles. The van der Waals surface area contributed by atoms with E-state index in [1.807, 2.05) is 0 Å². The molecule has 0 radical (unpaired) electrons. The number of rotatable bonds is 9. The van der Waals surface area contributed by atoms with Crippen molar-refractivity contribution in [3.63, 3.8) is 0 Å². The van der Waals surface area contributed by atoms with E-state index >= 15 is 0 Å². The van der Waals surface area contributed by atoms with E-state index in [1.165, 1.54) is 11.8 Å². The molecule has 0 spiro atoms. The lowest BCUT2D eigenvalue weighted by Crippen LogP contribution is -2.18. The number of nitrogens with zero attached hydrogens (tertiary/aromatic N) is 3. The Hall–Kier alpha value is -2.23. The standard InChI is InChI=1S/C21H17Cl4N5O2S/c1-2-8-30-17(10-18(31)27-16-5-3-4-13(23)20(16)25)28-29-21(30)33-11-19(32)26-15-7-6-12(22)9-14(15)24/h2-7,9H,1,8,10-11H2,(H,26,32)(H,27,31). The van der Waals surface area contributed by atoms with Gasteiger partial charge in [-0.25, -0.2) is 0 Å². The van der Waals surface area contributed by atoms with Crippen LogP contribution < -0.4 is 10.6 Å². The predicted molar refractivity (Wildman–Crippen MR) is 135 cm³/mol. The van der Waals surface area contributed by atoms with Crippen LogP contribution in [0.2, 0.25) is 20.1 Å². The number of anilines is 2. The van der Waals surface area contributed by atoms with Crippen molar-refractivity contribution in [1.82, 2.24) is 14.8 Å². The van der Waals surface area contributed by atoms with Gasteiger partial charge in [0.1, 0.15) is 5.82 Å². The number of hydrogen-bond donors (Lipinski definition) is 2. The van der Waals surface area contributed by atoms with E-state index in [4.69, 9.17) is 46.4 Å². The van der Waals surface area contributed by atoms with Gasteiger partial charge in [0.25, 0.3) is 0 Å². The lowest BCUT2D eigenvalue weighted by molar-refractivity contribution is -0.116. The number of allylic oxidation sites excluding steroid dienone is 1. The zero-order valence-corrected chi connectivity index (χ0v) is 20.8. The van der Waals surface area contributed by atoms with Crippen molar-refractivity contribution in [2.45, 2.75) is 18.1 Å². The Morgan fingerprint density at radius 1 is 1.00 bits per heavy atom. The van der Waals surface area contributed by atoms with Gasteiger partial charge in [-0.1, -0.05) is 70.3 Å². The molecular formula is C21H17Cl4N5O2S. The second kappa shape index (κ2) is 11.8. The van der Waals surface area contributed by atoms with Gasteiger partial charge in [-0.2, -0.15) is 0 Å². The first-order valence-electron chi connectivity index (χ1n) is 9.43. The molecule has 7 nitrogen and oxygen atoms in total. The number of halogens is 4. The van der Waals surface area contributed by atoms with Crippen molar-refractivity contribution in [1.29, 1.82) is 0 Å². The smallest absolute Gasteiger partial charge is 0.234 e. The molecule has 1 heterocycles. The van der Waals surface area contributed by atoms with Crippen LogP contribution in [0.25, 0.3) is 0 Å². The van der Waals surface area contributed by atoms with Crippen molar-refractivity contribution in [3.05, 3.63) is 75.0 Å². The summed E-state index contributed by atoms with van der Waals surface area (Å²) in [6.45, 7) is 4.09. The highest BCUT2D eigenvalue weighted by atomic mass is 35.5. The normalized spacial score (nSPS) is 10.7. The Balaban J connectivity index is 1.64. The van der Waals surface area contributed by atoms with Crippen LogP contribution in [0.15, 0.2) is 54.2 Å². The van der Waals surface area contributed by atoms with Crippen molar-refractivity contribution < 1.29 is 9.59 Å². The van der Waals surface area contributed by atoms with Crippen LogP contribution in [0.4, 0.5) is 11.4 Å². The number of hydrogen-bond acceptors (Lipinski definition) is 5. The minimum atomic E-state index is -0.344. The largest absolute Gasteiger partial charge is 0.324 e. The van der Waals surface area contributed by atoms with Gasteiger partial charge in [0.2, 0.25) is 11.8 Å². The second-order valence-electron chi connectivity index (χ2n) is 6.59. The molecule has 1 aromatic heterocycles. The third-order valence-corrected chi connectivity index (χ3v) is 6.52. The molecule has 0 aliphatic rings. The lowest BCUT2D eigenvalue weighted by Gasteiger charge is -2.10. The lowest BCUT2D eigenvalue weighted by atomic mass is 10.3. The van der Waals surface area contributed by atoms with E-state index in [0.29, 0.717) is 44.0 Å². The number of nitrogens with one attached hydrogen (secondary N) is 2. The van der Waals surface area contributed by atoms with E-state index in [9.17, 15) is 9.59 Å². The van der Waals surface area contributed by atoms with Crippen LogP contribution in [0.3, 0.4) is 0 Å². The van der Waals surface area contributed by atoms with Crippen molar-refractivity contribution in [2.24, 2.45) is 0 Å². The Labute approximate surface area is 214 Å². The summed E-state index contributed by atoms with van der Waals surface area (Å²) in [6.07, 6.45) is 1.59. The fourth-order valence-corrected chi connectivity index (χ4v) is 4.28. The highest BCUT2D eigenvalue weighted by molar-refractivity contribution is 7.99. The number of benzene rings is 2. The molecule has 172 valence electrons. The first kappa shape index (κ1) is 25.4. The van der Waals surface area contributed by atoms with Crippen LogP contribution in [0.5, 0.6) is 0 Å². The fraction of sp³-hybridized carbons (Fsp3) is 0.143. The number of carbonyl (C=O) groups excluding carboxylic acids is 2. The summed E-state index contributed by atoms with van der Waals surface area (Å²) < 4.78 is 1.71. The highest BCUT2D eigenvalue weighted by Gasteiger charge is 2.17. The molecule has 0 saturated heterocycles. The molecule has 0 aliphatic heterocycles. The summed E-state index contributed by atoms with van der Waals surface area (Å²) >= 11 is 25.2. The number of carbonyl (C=O) groups is 2. The first-order chi connectivity index (χ1) is 15.8. The highest BCUT2D eigenvalue weighted by Crippen LogP contribution is 2.30. The summed E-state index contributed by atoms with van der Waals surface area (Å²) in [5, 5.41) is 15.5. The van der Waals surface area contributed by atoms with E-state index in [-0.39, 0.29) is 29.0 Å². The maximum absolute atomic E-state index is 12.5. The van der Waals surface area contributed by atoms with Gasteiger partial charge < -0.3 is 15.2 Å². The maximum atomic E-state index is 12.5. The Morgan fingerprint density at radius 2 is 1.76 bits per heavy atom. The van der Waals surface area contributed by atoms with Crippen molar-refractivity contribution in [3.8, 4) is 0 Å². The Morgan fingerprint density at radius 3 is 2.48 bits per heavy atom. The minimum absolute atomic E-state index is 0.0541. The zero-order valence-electron chi connectivity index (χ0n) is 16.9. The van der Waals surface area contributed by atoms with Gasteiger partial charge in [-0.15, -0.1) is 16.8 Å². The van der Waals surface area contributed by atoms with Gasteiger partial charge in [0.05, 0.1) is 38.6 Å². The molecule has 3 rings (SSSR count). The molecule has 33 heavy (non-hydrogen) atoms. The summed E-state index contributed by atoms with van der Waals surface area (Å²) in [4.78, 5) is 24.9. The molecule has 2 N–H and O–H groups in total. The van der Waals surface area contributed by atoms with Gasteiger partial charge >= 0.3 is 0 Å². The van der Waals surface area contributed by atoms with Crippen LogP contribution in [-0.4, -0.2) is 32.3 Å². The molecule has 2 amide bonds. The van der Waals surface area contributed by atoms with E-state index in [0.717, 1.165) is 0 Å². The molecule has 0 atom stereocenters. The SMILES string of the molecule is C=CCn1c(CC(=O)Nc2cccc(Cl)c2Cl)nnc1SCC(=O)Nc1ccc(Cl)cc1Cl. The average Bonchev–Trinajstić information content (AvgIpc) is 3.13. The molecular weight excluding hydrogens is 528 g/mol. The monoisotopic (exact) mass is 543 g/mol. The van der Waals surface area contributed by atoms with Crippen LogP contribution in [0.1, 0.15) is 5.82 Å². The van der Waals surface area contributed by atoms with E-state index in [2.05, 4.69) is 27.4 Å². The molecule has 0 unspecified atom stereocenters.